The lowest BCUT2D eigenvalue weighted by molar-refractivity contribution is -0.122. The van der Waals surface area contributed by atoms with Crippen LogP contribution in [-0.4, -0.2) is 35.1 Å². The van der Waals surface area contributed by atoms with E-state index in [2.05, 4.69) is 27.2 Å². The SMILES string of the molecule is C=CCNC(=O)NC(=O)COc1ncnc2ccccc12. The van der Waals surface area contributed by atoms with E-state index in [0.717, 1.165) is 0 Å². The van der Waals surface area contributed by atoms with Crippen LogP contribution in [0.1, 0.15) is 0 Å². The van der Waals surface area contributed by atoms with Gasteiger partial charge in [-0.1, -0.05) is 18.2 Å². The second kappa shape index (κ2) is 6.99. The predicted octanol–water partition coefficient (Wildman–Crippen LogP) is 1.02. The molecule has 7 heteroatoms. The van der Waals surface area contributed by atoms with Crippen LogP contribution < -0.4 is 15.4 Å². The van der Waals surface area contributed by atoms with Gasteiger partial charge < -0.3 is 10.1 Å². The van der Waals surface area contributed by atoms with Gasteiger partial charge in [-0.25, -0.2) is 14.8 Å². The molecule has 2 aromatic rings. The summed E-state index contributed by atoms with van der Waals surface area (Å²) in [7, 11) is 0. The number of hydrogen-bond acceptors (Lipinski definition) is 5. The van der Waals surface area contributed by atoms with E-state index >= 15 is 0 Å². The molecule has 0 aliphatic rings. The van der Waals surface area contributed by atoms with Gasteiger partial charge in [0.1, 0.15) is 6.33 Å². The summed E-state index contributed by atoms with van der Waals surface area (Å²) in [5.41, 5.74) is 0.714. The van der Waals surface area contributed by atoms with Gasteiger partial charge in [0.25, 0.3) is 5.91 Å². The van der Waals surface area contributed by atoms with Gasteiger partial charge in [-0.2, -0.15) is 0 Å². The molecule has 0 unspecified atom stereocenters. The summed E-state index contributed by atoms with van der Waals surface area (Å²) < 4.78 is 5.32. The molecule has 0 atom stereocenters. The molecule has 3 amide bonds. The Morgan fingerprint density at radius 3 is 2.90 bits per heavy atom. The third-order valence-electron chi connectivity index (χ3n) is 2.51. The summed E-state index contributed by atoms with van der Waals surface area (Å²) in [4.78, 5) is 30.9. The number of urea groups is 1. The van der Waals surface area contributed by atoms with E-state index in [9.17, 15) is 9.59 Å². The van der Waals surface area contributed by atoms with Crippen LogP contribution in [0.25, 0.3) is 10.9 Å². The maximum absolute atomic E-state index is 11.6. The highest BCUT2D eigenvalue weighted by Crippen LogP contribution is 2.20. The van der Waals surface area contributed by atoms with E-state index in [-0.39, 0.29) is 13.2 Å². The number of ether oxygens (including phenoxy) is 1. The molecule has 1 heterocycles. The average molecular weight is 286 g/mol. The molecule has 7 nitrogen and oxygen atoms in total. The first kappa shape index (κ1) is 14.4. The van der Waals surface area contributed by atoms with Crippen molar-refractivity contribution in [3.63, 3.8) is 0 Å². The summed E-state index contributed by atoms with van der Waals surface area (Å²) in [5.74, 6) is -0.276. The zero-order valence-corrected chi connectivity index (χ0v) is 11.2. The fourth-order valence-corrected chi connectivity index (χ4v) is 1.60. The quantitative estimate of drug-likeness (QED) is 0.800. The van der Waals surface area contributed by atoms with Crippen molar-refractivity contribution in [3.8, 4) is 5.88 Å². The zero-order valence-electron chi connectivity index (χ0n) is 11.2. The lowest BCUT2D eigenvalue weighted by Gasteiger charge is -2.08. The Morgan fingerprint density at radius 2 is 2.10 bits per heavy atom. The molecule has 1 aromatic heterocycles. The highest BCUT2D eigenvalue weighted by atomic mass is 16.5. The summed E-state index contributed by atoms with van der Waals surface area (Å²) in [5, 5.41) is 5.25. The molecule has 2 N–H and O–H groups in total. The highest BCUT2D eigenvalue weighted by molar-refractivity contribution is 5.95. The van der Waals surface area contributed by atoms with E-state index in [1.165, 1.54) is 12.4 Å². The molecule has 0 radical (unpaired) electrons. The van der Waals surface area contributed by atoms with Gasteiger partial charge in [-0.05, 0) is 12.1 Å². The molecule has 108 valence electrons. The van der Waals surface area contributed by atoms with Crippen LogP contribution >= 0.6 is 0 Å². The Labute approximate surface area is 121 Å². The molecule has 0 bridgehead atoms. The molecule has 1 aromatic carbocycles. The van der Waals surface area contributed by atoms with E-state index < -0.39 is 11.9 Å². The lowest BCUT2D eigenvalue weighted by atomic mass is 10.2. The highest BCUT2D eigenvalue weighted by Gasteiger charge is 2.10. The predicted molar refractivity (Wildman–Crippen MR) is 76.8 cm³/mol. The van der Waals surface area contributed by atoms with Crippen LogP contribution in [0.2, 0.25) is 0 Å². The number of nitrogens with one attached hydrogen (secondary N) is 2. The molecule has 0 saturated heterocycles. The van der Waals surface area contributed by atoms with Crippen LogP contribution in [0.4, 0.5) is 4.79 Å². The fraction of sp³-hybridized carbons (Fsp3) is 0.143. The van der Waals surface area contributed by atoms with Gasteiger partial charge in [0.2, 0.25) is 5.88 Å². The number of amides is 3. The molecule has 0 spiro atoms. The second-order valence-electron chi connectivity index (χ2n) is 4.03. The van der Waals surface area contributed by atoms with Crippen LogP contribution in [0.3, 0.4) is 0 Å². The van der Waals surface area contributed by atoms with Crippen molar-refractivity contribution < 1.29 is 14.3 Å². The minimum absolute atomic E-state index is 0.274. The summed E-state index contributed by atoms with van der Waals surface area (Å²) in [6.07, 6.45) is 2.86. The third-order valence-corrected chi connectivity index (χ3v) is 2.51. The van der Waals surface area contributed by atoms with Gasteiger partial charge >= 0.3 is 6.03 Å². The van der Waals surface area contributed by atoms with Crippen LogP contribution in [-0.2, 0) is 4.79 Å². The topological polar surface area (TPSA) is 93.2 Å². The van der Waals surface area contributed by atoms with Crippen LogP contribution in [0.15, 0.2) is 43.2 Å². The number of aromatic nitrogens is 2. The Kier molecular flexibility index (Phi) is 4.81. The number of hydrogen-bond donors (Lipinski definition) is 2. The van der Waals surface area contributed by atoms with E-state index in [1.807, 2.05) is 18.2 Å². The van der Waals surface area contributed by atoms with Crippen molar-refractivity contribution in [3.05, 3.63) is 43.2 Å². The molecule has 0 aliphatic carbocycles. The minimum atomic E-state index is -0.601. The molecule has 21 heavy (non-hydrogen) atoms. The number of carbonyl (C=O) groups excluding carboxylic acids is 2. The number of rotatable bonds is 5. The third kappa shape index (κ3) is 4.00. The Morgan fingerprint density at radius 1 is 1.29 bits per heavy atom. The van der Waals surface area contributed by atoms with Crippen molar-refractivity contribution in [2.24, 2.45) is 0 Å². The maximum Gasteiger partial charge on any atom is 0.321 e. The van der Waals surface area contributed by atoms with E-state index in [0.29, 0.717) is 16.8 Å². The summed E-state index contributed by atoms with van der Waals surface area (Å²) >= 11 is 0. The smallest absolute Gasteiger partial charge is 0.321 e. The number of nitrogens with zero attached hydrogens (tertiary/aromatic N) is 2. The summed E-state index contributed by atoms with van der Waals surface area (Å²) in [6.45, 7) is 3.41. The van der Waals surface area contributed by atoms with Crippen molar-refractivity contribution >= 4 is 22.8 Å². The monoisotopic (exact) mass is 286 g/mol. The van der Waals surface area contributed by atoms with Crippen molar-refractivity contribution in [1.82, 2.24) is 20.6 Å². The average Bonchev–Trinajstić information content (AvgIpc) is 2.51. The van der Waals surface area contributed by atoms with Crippen molar-refractivity contribution in [2.45, 2.75) is 0 Å². The minimum Gasteiger partial charge on any atom is -0.467 e. The van der Waals surface area contributed by atoms with Gasteiger partial charge in [0, 0.05) is 6.54 Å². The van der Waals surface area contributed by atoms with Crippen molar-refractivity contribution in [2.75, 3.05) is 13.2 Å². The fourth-order valence-electron chi connectivity index (χ4n) is 1.60. The Balaban J connectivity index is 1.94. The Bertz CT molecular complexity index is 667. The maximum atomic E-state index is 11.6. The first-order valence-electron chi connectivity index (χ1n) is 6.22. The first-order chi connectivity index (χ1) is 10.2. The standard InChI is InChI=1S/C14H14N4O3/c1-2-7-15-14(20)18-12(19)8-21-13-10-5-3-4-6-11(10)16-9-17-13/h2-6,9H,1,7-8H2,(H2,15,18,19,20). The second-order valence-corrected chi connectivity index (χ2v) is 4.03. The number of para-hydroxylation sites is 1. The van der Waals surface area contributed by atoms with Crippen LogP contribution in [0, 0.1) is 0 Å². The number of carbonyl (C=O) groups is 2. The van der Waals surface area contributed by atoms with E-state index in [4.69, 9.17) is 4.74 Å². The number of imide groups is 1. The molecule has 0 aliphatic heterocycles. The molecule has 0 saturated carbocycles. The van der Waals surface area contributed by atoms with E-state index in [1.54, 1.807) is 6.07 Å². The van der Waals surface area contributed by atoms with Gasteiger partial charge in [-0.3, -0.25) is 10.1 Å². The molecular formula is C14H14N4O3. The lowest BCUT2D eigenvalue weighted by Crippen LogP contribution is -2.41. The van der Waals surface area contributed by atoms with Crippen LogP contribution in [0.5, 0.6) is 5.88 Å². The summed E-state index contributed by atoms with van der Waals surface area (Å²) in [6, 6.07) is 6.67. The Hall–Kier alpha value is -2.96. The zero-order chi connectivity index (χ0) is 15.1. The first-order valence-corrected chi connectivity index (χ1v) is 6.22. The van der Waals surface area contributed by atoms with Gasteiger partial charge in [0.15, 0.2) is 6.61 Å². The largest absolute Gasteiger partial charge is 0.467 e. The number of benzene rings is 1. The normalized spacial score (nSPS) is 9.90. The molecule has 2 rings (SSSR count). The molecule has 0 fully saturated rings. The van der Waals surface area contributed by atoms with Gasteiger partial charge in [-0.15, -0.1) is 6.58 Å². The van der Waals surface area contributed by atoms with Gasteiger partial charge in [0.05, 0.1) is 10.9 Å². The molecular weight excluding hydrogens is 272 g/mol. The van der Waals surface area contributed by atoms with Crippen molar-refractivity contribution in [1.29, 1.82) is 0 Å². The number of fused-ring (bicyclic) bond motifs is 1.